The molecule has 3 unspecified atom stereocenters. The number of thiocarbonyl (C=S) groups is 1. The fourth-order valence-corrected chi connectivity index (χ4v) is 3.63. The van der Waals surface area contributed by atoms with Gasteiger partial charge in [0.05, 0.1) is 5.69 Å². The zero-order chi connectivity index (χ0) is 14.3. The summed E-state index contributed by atoms with van der Waals surface area (Å²) in [5, 5.41) is 6.02. The highest BCUT2D eigenvalue weighted by atomic mass is 32.1. The quantitative estimate of drug-likeness (QED) is 0.645. The molecular weight excluding hydrogens is 285 g/mol. The Hall–Kier alpha value is -1.30. The number of benzene rings is 1. The maximum atomic E-state index is 13.5. The lowest BCUT2D eigenvalue weighted by atomic mass is 9.96. The summed E-state index contributed by atoms with van der Waals surface area (Å²) in [6, 6.07) is 2.32. The van der Waals surface area contributed by atoms with Crippen LogP contribution in [0.3, 0.4) is 0 Å². The molecule has 3 rings (SSSR count). The highest BCUT2D eigenvalue weighted by molar-refractivity contribution is 7.80. The van der Waals surface area contributed by atoms with Gasteiger partial charge in [0.15, 0.2) is 22.6 Å². The Balaban J connectivity index is 1.63. The van der Waals surface area contributed by atoms with Gasteiger partial charge >= 0.3 is 0 Å². The van der Waals surface area contributed by atoms with Gasteiger partial charge in [-0.15, -0.1) is 0 Å². The first-order chi connectivity index (χ1) is 9.54. The second-order valence-corrected chi connectivity index (χ2v) is 6.01. The van der Waals surface area contributed by atoms with E-state index in [9.17, 15) is 13.2 Å². The highest BCUT2D eigenvalue weighted by Crippen LogP contribution is 2.44. The molecule has 0 amide bonds. The predicted molar refractivity (Wildman–Crippen MR) is 74.9 cm³/mol. The molecule has 0 spiro atoms. The van der Waals surface area contributed by atoms with Crippen LogP contribution in [0.25, 0.3) is 0 Å². The third-order valence-corrected chi connectivity index (χ3v) is 4.56. The van der Waals surface area contributed by atoms with Gasteiger partial charge in [-0.3, -0.25) is 0 Å². The van der Waals surface area contributed by atoms with Crippen LogP contribution in [0.5, 0.6) is 0 Å². The lowest BCUT2D eigenvalue weighted by Crippen LogP contribution is -2.41. The Bertz CT molecular complexity index is 549. The van der Waals surface area contributed by atoms with Crippen LogP contribution in [-0.4, -0.2) is 11.2 Å². The van der Waals surface area contributed by atoms with Crippen LogP contribution in [-0.2, 0) is 0 Å². The fraction of sp³-hybridized carbons (Fsp3) is 0.500. The van der Waals surface area contributed by atoms with Crippen LogP contribution >= 0.6 is 12.2 Å². The van der Waals surface area contributed by atoms with Gasteiger partial charge < -0.3 is 10.6 Å². The van der Waals surface area contributed by atoms with Crippen molar-refractivity contribution in [1.29, 1.82) is 0 Å². The Labute approximate surface area is 120 Å². The average Bonchev–Trinajstić information content (AvgIpc) is 3.02. The summed E-state index contributed by atoms with van der Waals surface area (Å²) in [5.41, 5.74) is -0.149. The van der Waals surface area contributed by atoms with Crippen LogP contribution in [0.1, 0.15) is 25.7 Å². The Morgan fingerprint density at radius 1 is 1.10 bits per heavy atom. The van der Waals surface area contributed by atoms with Gasteiger partial charge in [0, 0.05) is 6.04 Å². The normalized spacial score (nSPS) is 27.6. The number of fused-ring (bicyclic) bond motifs is 2. The molecule has 0 aromatic heterocycles. The molecule has 1 aromatic carbocycles. The number of hydrogen-bond donors (Lipinski definition) is 2. The number of rotatable bonds is 2. The van der Waals surface area contributed by atoms with E-state index in [1.165, 1.54) is 19.3 Å². The molecule has 3 atom stereocenters. The maximum Gasteiger partial charge on any atom is 0.196 e. The smallest absolute Gasteiger partial charge is 0.196 e. The molecule has 0 radical (unpaired) electrons. The van der Waals surface area contributed by atoms with Crippen molar-refractivity contribution in [2.45, 2.75) is 31.7 Å². The van der Waals surface area contributed by atoms with Crippen molar-refractivity contribution >= 4 is 23.0 Å². The van der Waals surface area contributed by atoms with Gasteiger partial charge in [-0.2, -0.15) is 0 Å². The summed E-state index contributed by atoms with van der Waals surface area (Å²) < 4.78 is 39.5. The molecule has 0 saturated heterocycles. The molecule has 2 nitrogen and oxygen atoms in total. The molecule has 0 heterocycles. The minimum Gasteiger partial charge on any atom is -0.359 e. The van der Waals surface area contributed by atoms with Gasteiger partial charge in [-0.05, 0) is 55.4 Å². The second-order valence-electron chi connectivity index (χ2n) is 5.60. The number of anilines is 1. The van der Waals surface area contributed by atoms with E-state index in [-0.39, 0.29) is 10.8 Å². The van der Waals surface area contributed by atoms with E-state index in [1.54, 1.807) is 0 Å². The maximum absolute atomic E-state index is 13.5. The molecule has 2 fully saturated rings. The standard InChI is InChI=1S/C14H15F3N2S/c15-9-3-4-10(13(17)12(9)16)18-14(20)19-11-6-7-1-2-8(11)5-7/h3-4,7-8,11H,1-2,5-6H2,(H2,18,19,20). The largest absolute Gasteiger partial charge is 0.359 e. The summed E-state index contributed by atoms with van der Waals surface area (Å²) in [5.74, 6) is -2.56. The van der Waals surface area contributed by atoms with Crippen LogP contribution in [0.4, 0.5) is 18.9 Å². The van der Waals surface area contributed by atoms with E-state index in [2.05, 4.69) is 10.6 Å². The lowest BCUT2D eigenvalue weighted by Gasteiger charge is -2.24. The van der Waals surface area contributed by atoms with Crippen LogP contribution in [0.2, 0.25) is 0 Å². The van der Waals surface area contributed by atoms with Gasteiger partial charge in [-0.25, -0.2) is 13.2 Å². The van der Waals surface area contributed by atoms with Crippen molar-refractivity contribution in [3.63, 3.8) is 0 Å². The van der Waals surface area contributed by atoms with Gasteiger partial charge in [0.25, 0.3) is 0 Å². The molecular formula is C14H15F3N2S. The molecule has 2 N–H and O–H groups in total. The van der Waals surface area contributed by atoms with E-state index >= 15 is 0 Å². The third kappa shape index (κ3) is 2.49. The zero-order valence-corrected chi connectivity index (χ0v) is 11.6. The third-order valence-electron chi connectivity index (χ3n) is 4.34. The number of nitrogens with one attached hydrogen (secondary N) is 2. The van der Waals surface area contributed by atoms with E-state index in [0.29, 0.717) is 12.0 Å². The van der Waals surface area contributed by atoms with E-state index in [4.69, 9.17) is 12.2 Å². The first-order valence-electron chi connectivity index (χ1n) is 6.75. The lowest BCUT2D eigenvalue weighted by molar-refractivity contribution is 0.391. The Kier molecular flexibility index (Phi) is 3.58. The topological polar surface area (TPSA) is 24.1 Å². The molecule has 6 heteroatoms. The molecule has 2 aliphatic rings. The summed E-state index contributed by atoms with van der Waals surface area (Å²) in [6.07, 6.45) is 4.78. The summed E-state index contributed by atoms with van der Waals surface area (Å²) in [6.45, 7) is 0. The van der Waals surface area contributed by atoms with Crippen molar-refractivity contribution in [2.24, 2.45) is 11.8 Å². The second kappa shape index (κ2) is 5.24. The van der Waals surface area contributed by atoms with E-state index in [1.807, 2.05) is 0 Å². The Morgan fingerprint density at radius 2 is 1.90 bits per heavy atom. The molecule has 1 aromatic rings. The predicted octanol–water partition coefficient (Wildman–Crippen LogP) is 3.58. The molecule has 0 aliphatic heterocycles. The van der Waals surface area contributed by atoms with E-state index < -0.39 is 17.5 Å². The van der Waals surface area contributed by atoms with Crippen LogP contribution in [0, 0.1) is 29.3 Å². The van der Waals surface area contributed by atoms with Crippen LogP contribution < -0.4 is 10.6 Å². The number of halogens is 3. The SMILES string of the molecule is Fc1ccc(NC(=S)NC2CC3CCC2C3)c(F)c1F. The molecule has 2 aliphatic carbocycles. The summed E-state index contributed by atoms with van der Waals surface area (Å²) >= 11 is 5.12. The first-order valence-corrected chi connectivity index (χ1v) is 7.16. The summed E-state index contributed by atoms with van der Waals surface area (Å²) in [4.78, 5) is 0. The fourth-order valence-electron chi connectivity index (χ4n) is 3.37. The molecule has 2 bridgehead atoms. The first kappa shape index (κ1) is 13.7. The van der Waals surface area contributed by atoms with Crippen LogP contribution in [0.15, 0.2) is 12.1 Å². The average molecular weight is 300 g/mol. The minimum absolute atomic E-state index is 0.149. The number of hydrogen-bond acceptors (Lipinski definition) is 1. The minimum atomic E-state index is -1.49. The van der Waals surface area contributed by atoms with Gasteiger partial charge in [-0.1, -0.05) is 6.42 Å². The Morgan fingerprint density at radius 3 is 2.55 bits per heavy atom. The van der Waals surface area contributed by atoms with Gasteiger partial charge in [0.1, 0.15) is 0 Å². The van der Waals surface area contributed by atoms with Crippen molar-refractivity contribution in [2.75, 3.05) is 5.32 Å². The van der Waals surface area contributed by atoms with E-state index in [0.717, 1.165) is 24.5 Å². The molecule has 20 heavy (non-hydrogen) atoms. The van der Waals surface area contributed by atoms with Crippen molar-refractivity contribution in [3.8, 4) is 0 Å². The van der Waals surface area contributed by atoms with Crippen molar-refractivity contribution in [1.82, 2.24) is 5.32 Å². The van der Waals surface area contributed by atoms with Crippen molar-refractivity contribution in [3.05, 3.63) is 29.6 Å². The molecule has 2 saturated carbocycles. The highest BCUT2D eigenvalue weighted by Gasteiger charge is 2.39. The van der Waals surface area contributed by atoms with Gasteiger partial charge in [0.2, 0.25) is 0 Å². The zero-order valence-electron chi connectivity index (χ0n) is 10.8. The van der Waals surface area contributed by atoms with Crippen molar-refractivity contribution < 1.29 is 13.2 Å². The monoisotopic (exact) mass is 300 g/mol. The molecule has 108 valence electrons. The summed E-state index contributed by atoms with van der Waals surface area (Å²) in [7, 11) is 0.